The fourth-order valence-corrected chi connectivity index (χ4v) is 2.54. The van der Waals surface area contributed by atoms with E-state index in [0.29, 0.717) is 21.5 Å². The Morgan fingerprint density at radius 3 is 2.50 bits per heavy atom. The summed E-state index contributed by atoms with van der Waals surface area (Å²) in [6.07, 6.45) is 1.58. The summed E-state index contributed by atoms with van der Waals surface area (Å²) in [5, 5.41) is 1.11. The van der Waals surface area contributed by atoms with Crippen molar-refractivity contribution < 1.29 is 0 Å². The van der Waals surface area contributed by atoms with Gasteiger partial charge in [0.25, 0.3) is 0 Å². The van der Waals surface area contributed by atoms with E-state index in [1.165, 1.54) is 0 Å². The minimum absolute atomic E-state index is 0.0601. The summed E-state index contributed by atoms with van der Waals surface area (Å²) in [4.78, 5) is 15.8. The summed E-state index contributed by atoms with van der Waals surface area (Å²) in [6, 6.07) is 15.0. The van der Waals surface area contributed by atoms with Crippen LogP contribution in [0.2, 0.25) is 5.02 Å². The van der Waals surface area contributed by atoms with E-state index < -0.39 is 0 Å². The molecule has 0 spiro atoms. The van der Waals surface area contributed by atoms with Crippen molar-refractivity contribution in [2.24, 2.45) is 0 Å². The fraction of sp³-hybridized carbons (Fsp3) is 0. The van der Waals surface area contributed by atoms with Crippen molar-refractivity contribution in [2.45, 2.75) is 0 Å². The molecule has 0 aliphatic carbocycles. The summed E-state index contributed by atoms with van der Waals surface area (Å²) in [5.41, 5.74) is 2.83. The van der Waals surface area contributed by atoms with Gasteiger partial charge in [-0.15, -0.1) is 0 Å². The lowest BCUT2D eigenvalue weighted by atomic mass is 10.0. The zero-order valence-corrected chi connectivity index (χ0v) is 11.4. The molecule has 1 heterocycles. The summed E-state index contributed by atoms with van der Waals surface area (Å²) >= 11 is 6.19. The van der Waals surface area contributed by atoms with Gasteiger partial charge < -0.3 is 4.98 Å². The van der Waals surface area contributed by atoms with E-state index in [0.717, 1.165) is 11.3 Å². The van der Waals surface area contributed by atoms with Gasteiger partial charge in [0, 0.05) is 10.9 Å². The molecule has 3 heteroatoms. The van der Waals surface area contributed by atoms with Crippen LogP contribution >= 0.6 is 11.6 Å². The first-order valence-corrected chi connectivity index (χ1v) is 6.62. The van der Waals surface area contributed by atoms with Crippen LogP contribution in [0.15, 0.2) is 59.9 Å². The van der Waals surface area contributed by atoms with Gasteiger partial charge in [0.2, 0.25) is 0 Å². The zero-order chi connectivity index (χ0) is 14.1. The second-order valence-corrected chi connectivity index (χ2v) is 4.88. The molecule has 3 aromatic rings. The number of pyridine rings is 1. The van der Waals surface area contributed by atoms with Gasteiger partial charge in [0.1, 0.15) is 0 Å². The average Bonchev–Trinajstić information content (AvgIpc) is 2.49. The van der Waals surface area contributed by atoms with Crippen LogP contribution in [-0.4, -0.2) is 4.98 Å². The van der Waals surface area contributed by atoms with E-state index >= 15 is 0 Å². The van der Waals surface area contributed by atoms with Crippen LogP contribution in [0.4, 0.5) is 0 Å². The normalized spacial score (nSPS) is 10.7. The number of benzene rings is 2. The van der Waals surface area contributed by atoms with Crippen LogP contribution in [0.1, 0.15) is 5.56 Å². The molecule has 2 nitrogen and oxygen atoms in total. The van der Waals surface area contributed by atoms with Crippen LogP contribution in [-0.2, 0) is 0 Å². The Balaban J connectivity index is 2.46. The fourth-order valence-electron chi connectivity index (χ4n) is 2.32. The molecule has 1 aromatic heterocycles. The largest absolute Gasteiger partial charge is 0.353 e. The number of aromatic nitrogens is 1. The third kappa shape index (κ3) is 1.95. The highest BCUT2D eigenvalue weighted by atomic mass is 35.5. The molecule has 3 rings (SSSR count). The number of hydrogen-bond donors (Lipinski definition) is 1. The molecule has 98 valence electrons. The van der Waals surface area contributed by atoms with Gasteiger partial charge in [-0.1, -0.05) is 60.7 Å². The third-order valence-electron chi connectivity index (χ3n) is 3.29. The topological polar surface area (TPSA) is 32.9 Å². The molecule has 1 N–H and O–H groups in total. The molecule has 0 bridgehead atoms. The maximum absolute atomic E-state index is 12.6. The van der Waals surface area contributed by atoms with E-state index in [1.807, 2.05) is 30.3 Å². The number of nitrogens with one attached hydrogen (secondary N) is 1. The first kappa shape index (κ1) is 12.7. The number of aromatic amines is 1. The van der Waals surface area contributed by atoms with Crippen molar-refractivity contribution in [2.75, 3.05) is 0 Å². The monoisotopic (exact) mass is 281 g/mol. The summed E-state index contributed by atoms with van der Waals surface area (Å²) in [7, 11) is 0. The highest BCUT2D eigenvalue weighted by molar-refractivity contribution is 6.35. The summed E-state index contributed by atoms with van der Waals surface area (Å²) in [6.45, 7) is 3.75. The summed E-state index contributed by atoms with van der Waals surface area (Å²) in [5.74, 6) is 0. The summed E-state index contributed by atoms with van der Waals surface area (Å²) < 4.78 is 0. The van der Waals surface area contributed by atoms with Gasteiger partial charge in [0.15, 0.2) is 5.43 Å². The minimum atomic E-state index is -0.0601. The Hall–Kier alpha value is -2.32. The highest BCUT2D eigenvalue weighted by Gasteiger charge is 2.12. The first-order valence-electron chi connectivity index (χ1n) is 6.24. The third-order valence-corrected chi connectivity index (χ3v) is 3.60. The second kappa shape index (κ2) is 4.99. The Morgan fingerprint density at radius 2 is 1.80 bits per heavy atom. The van der Waals surface area contributed by atoms with Gasteiger partial charge in [0.05, 0.1) is 16.2 Å². The molecule has 0 amide bonds. The molecule has 20 heavy (non-hydrogen) atoms. The smallest absolute Gasteiger partial charge is 0.197 e. The molecular weight excluding hydrogens is 270 g/mol. The number of para-hydroxylation sites is 1. The van der Waals surface area contributed by atoms with Crippen molar-refractivity contribution in [3.8, 4) is 11.3 Å². The maximum Gasteiger partial charge on any atom is 0.197 e. The molecule has 0 fully saturated rings. The average molecular weight is 282 g/mol. The van der Waals surface area contributed by atoms with Gasteiger partial charge >= 0.3 is 0 Å². The van der Waals surface area contributed by atoms with Gasteiger partial charge in [-0.05, 0) is 17.7 Å². The van der Waals surface area contributed by atoms with Crippen molar-refractivity contribution in [3.63, 3.8) is 0 Å². The Labute approximate surface area is 121 Å². The Bertz CT molecular complexity index is 850. The lowest BCUT2D eigenvalue weighted by molar-refractivity contribution is 1.36. The number of fused-ring (bicyclic) bond motifs is 1. The second-order valence-electron chi connectivity index (χ2n) is 4.48. The van der Waals surface area contributed by atoms with E-state index in [4.69, 9.17) is 11.6 Å². The van der Waals surface area contributed by atoms with E-state index in [-0.39, 0.29) is 5.43 Å². The Kier molecular flexibility index (Phi) is 3.17. The van der Waals surface area contributed by atoms with Crippen LogP contribution in [0.3, 0.4) is 0 Å². The van der Waals surface area contributed by atoms with Gasteiger partial charge in [-0.25, -0.2) is 0 Å². The van der Waals surface area contributed by atoms with Crippen LogP contribution < -0.4 is 5.43 Å². The molecule has 0 radical (unpaired) electrons. The SMILES string of the molecule is C=Cc1c(-c2ccccc2)[nH]c2c(Cl)cccc2c1=O. The minimum Gasteiger partial charge on any atom is -0.353 e. The highest BCUT2D eigenvalue weighted by Crippen LogP contribution is 2.26. The van der Waals surface area contributed by atoms with Crippen molar-refractivity contribution in [3.05, 3.63) is 75.9 Å². The first-order chi connectivity index (χ1) is 9.72. The van der Waals surface area contributed by atoms with Crippen LogP contribution in [0, 0.1) is 0 Å². The predicted octanol–water partition coefficient (Wildman–Crippen LogP) is 4.49. The Morgan fingerprint density at radius 1 is 1.05 bits per heavy atom. The molecule has 0 aliphatic heterocycles. The quantitative estimate of drug-likeness (QED) is 0.737. The van der Waals surface area contributed by atoms with Gasteiger partial charge in [-0.2, -0.15) is 0 Å². The number of H-pyrrole nitrogens is 1. The zero-order valence-electron chi connectivity index (χ0n) is 10.7. The van der Waals surface area contributed by atoms with Crippen molar-refractivity contribution in [1.29, 1.82) is 0 Å². The predicted molar refractivity (Wildman–Crippen MR) is 85.1 cm³/mol. The number of hydrogen-bond acceptors (Lipinski definition) is 1. The molecule has 0 saturated heterocycles. The maximum atomic E-state index is 12.6. The van der Waals surface area contributed by atoms with Crippen molar-refractivity contribution >= 4 is 28.6 Å². The molecule has 0 aliphatic rings. The molecule has 0 atom stereocenters. The lowest BCUT2D eigenvalue weighted by Gasteiger charge is -2.10. The molecule has 2 aromatic carbocycles. The molecular formula is C17H12ClNO. The van der Waals surface area contributed by atoms with E-state index in [9.17, 15) is 4.79 Å². The molecule has 0 unspecified atom stereocenters. The van der Waals surface area contributed by atoms with E-state index in [1.54, 1.807) is 24.3 Å². The van der Waals surface area contributed by atoms with Gasteiger partial charge in [-0.3, -0.25) is 4.79 Å². The standard InChI is InChI=1S/C17H12ClNO/c1-2-12-15(11-7-4-3-5-8-11)19-16-13(17(12)20)9-6-10-14(16)18/h2-10H,1H2,(H,19,20). The molecule has 0 saturated carbocycles. The van der Waals surface area contributed by atoms with Crippen LogP contribution in [0.25, 0.3) is 28.2 Å². The number of halogens is 1. The van der Waals surface area contributed by atoms with Crippen molar-refractivity contribution in [1.82, 2.24) is 4.98 Å². The lowest BCUT2D eigenvalue weighted by Crippen LogP contribution is -2.09. The van der Waals surface area contributed by atoms with E-state index in [2.05, 4.69) is 11.6 Å². The number of rotatable bonds is 2. The van der Waals surface area contributed by atoms with Crippen LogP contribution in [0.5, 0.6) is 0 Å².